The number of benzene rings is 2. The normalized spacial score (nSPS) is 26.5. The summed E-state index contributed by atoms with van der Waals surface area (Å²) in [5.74, 6) is -1.98. The molecule has 4 aliphatic heterocycles. The second-order valence-corrected chi connectivity index (χ2v) is 13.0. The van der Waals surface area contributed by atoms with Gasteiger partial charge in [-0.25, -0.2) is 13.2 Å². The van der Waals surface area contributed by atoms with Gasteiger partial charge >= 0.3 is 0 Å². The highest BCUT2D eigenvalue weighted by Crippen LogP contribution is 2.47. The third kappa shape index (κ3) is 5.33. The van der Waals surface area contributed by atoms with Crippen molar-refractivity contribution in [1.82, 2.24) is 25.4 Å². The van der Waals surface area contributed by atoms with Crippen LogP contribution in [0, 0.1) is 22.9 Å². The third-order valence-corrected chi connectivity index (χ3v) is 9.57. The zero-order valence-corrected chi connectivity index (χ0v) is 24.9. The van der Waals surface area contributed by atoms with Crippen molar-refractivity contribution < 1.29 is 22.8 Å². The molecule has 2 N–H and O–H groups in total. The van der Waals surface area contributed by atoms with Gasteiger partial charge in [0.15, 0.2) is 0 Å². The fourth-order valence-electron chi connectivity index (χ4n) is 6.63. The molecule has 2 aromatic rings. The zero-order chi connectivity index (χ0) is 30.7. The van der Waals surface area contributed by atoms with Crippen LogP contribution in [-0.2, 0) is 17.8 Å². The quantitative estimate of drug-likeness (QED) is 0.536. The zero-order valence-electron chi connectivity index (χ0n) is 24.9. The number of halogens is 3. The van der Waals surface area contributed by atoms with Crippen LogP contribution in [0.4, 0.5) is 13.2 Å². The minimum atomic E-state index is -0.641. The fourth-order valence-corrected chi connectivity index (χ4v) is 6.63. The molecule has 2 amide bonds. The number of hydrazone groups is 1. The largest absolute Gasteiger partial charge is 0.333 e. The molecular weight excluding hydrogens is 557 g/mol. The predicted octanol–water partition coefficient (Wildman–Crippen LogP) is 3.43. The summed E-state index contributed by atoms with van der Waals surface area (Å²) in [5, 5.41) is 8.00. The molecule has 2 saturated heterocycles. The number of carbonyl (C=O) groups excluding carboxylic acids is 2. The Morgan fingerprint density at radius 2 is 1.84 bits per heavy atom. The van der Waals surface area contributed by atoms with E-state index in [2.05, 4.69) is 41.5 Å². The van der Waals surface area contributed by atoms with Crippen LogP contribution in [0.15, 0.2) is 53.3 Å². The summed E-state index contributed by atoms with van der Waals surface area (Å²) in [4.78, 5) is 32.8. The molecule has 0 saturated carbocycles. The first kappa shape index (κ1) is 29.4. The van der Waals surface area contributed by atoms with E-state index in [0.717, 1.165) is 17.3 Å². The summed E-state index contributed by atoms with van der Waals surface area (Å²) in [6, 6.07) is 7.86. The Morgan fingerprint density at radius 3 is 2.60 bits per heavy atom. The third-order valence-electron chi connectivity index (χ3n) is 9.57. The van der Waals surface area contributed by atoms with Crippen molar-refractivity contribution >= 4 is 17.5 Å². The molecule has 43 heavy (non-hydrogen) atoms. The summed E-state index contributed by atoms with van der Waals surface area (Å²) < 4.78 is 41.7. The second kappa shape index (κ2) is 10.8. The van der Waals surface area contributed by atoms with E-state index in [1.54, 1.807) is 15.9 Å². The number of allylic oxidation sites excluding steroid dienone is 1. The summed E-state index contributed by atoms with van der Waals surface area (Å²) >= 11 is 0. The van der Waals surface area contributed by atoms with Gasteiger partial charge < -0.3 is 15.1 Å². The average molecular weight is 595 g/mol. The number of hydrogen-bond acceptors (Lipinski definition) is 6. The van der Waals surface area contributed by atoms with Crippen molar-refractivity contribution in [2.24, 2.45) is 10.5 Å². The van der Waals surface area contributed by atoms with Crippen molar-refractivity contribution in [1.29, 1.82) is 0 Å². The van der Waals surface area contributed by atoms with Gasteiger partial charge in [0, 0.05) is 68.3 Å². The van der Waals surface area contributed by atoms with Crippen LogP contribution in [0.5, 0.6) is 0 Å². The summed E-state index contributed by atoms with van der Waals surface area (Å²) in [7, 11) is 0. The lowest BCUT2D eigenvalue weighted by Crippen LogP contribution is -2.60. The number of piperazine rings is 1. The SMILES string of the molecule is CC1CN(CC(=O)N2CC(C)(C)C3(C)NN=C(Cc4ccc(F)cc4F)C=C23)[C@@H](CN2Cc3ccc(F)cc3C2=O)CN1. The molecule has 0 aliphatic carbocycles. The first-order valence-electron chi connectivity index (χ1n) is 14.7. The van der Waals surface area contributed by atoms with E-state index in [0.29, 0.717) is 49.6 Å². The molecule has 2 aromatic carbocycles. The number of amides is 2. The van der Waals surface area contributed by atoms with Gasteiger partial charge in [0.1, 0.15) is 17.5 Å². The molecule has 11 heteroatoms. The van der Waals surface area contributed by atoms with Gasteiger partial charge in [0.25, 0.3) is 5.91 Å². The second-order valence-electron chi connectivity index (χ2n) is 13.0. The smallest absolute Gasteiger partial charge is 0.254 e. The Bertz CT molecular complexity index is 1540. The number of rotatable bonds is 6. The van der Waals surface area contributed by atoms with Crippen LogP contribution < -0.4 is 10.7 Å². The average Bonchev–Trinajstić information content (AvgIpc) is 3.36. The molecule has 6 rings (SSSR count). The minimum absolute atomic E-state index is 0.0729. The van der Waals surface area contributed by atoms with Crippen LogP contribution in [0.2, 0.25) is 0 Å². The summed E-state index contributed by atoms with van der Waals surface area (Å²) in [6.07, 6.45) is 2.00. The molecule has 0 spiro atoms. The predicted molar refractivity (Wildman–Crippen MR) is 157 cm³/mol. The number of nitrogens with zero attached hydrogens (tertiary/aromatic N) is 4. The van der Waals surface area contributed by atoms with E-state index in [4.69, 9.17) is 0 Å². The Morgan fingerprint density at radius 1 is 1.09 bits per heavy atom. The van der Waals surface area contributed by atoms with Gasteiger partial charge in [-0.2, -0.15) is 5.10 Å². The summed E-state index contributed by atoms with van der Waals surface area (Å²) in [6.45, 7) is 10.9. The molecule has 228 valence electrons. The molecule has 8 nitrogen and oxygen atoms in total. The maximum absolute atomic E-state index is 14.4. The molecule has 2 fully saturated rings. The monoisotopic (exact) mass is 594 g/mol. The Kier molecular flexibility index (Phi) is 7.37. The standard InChI is InChI=1S/C32H37F3N6O2/c1-19-14-39(25(13-36-19)16-40-15-21-6-8-22(33)10-26(21)30(40)43)17-29(42)41-18-31(2,3)32(4)28(41)12-24(37-38-32)9-20-5-7-23(34)11-27(20)35/h5-8,10-12,19,25,36,38H,9,13-18H2,1-4H3/t19?,25-,32?/m1/s1. The van der Waals surface area contributed by atoms with Gasteiger partial charge in [-0.3, -0.25) is 19.9 Å². The van der Waals surface area contributed by atoms with Crippen molar-refractivity contribution in [3.8, 4) is 0 Å². The molecule has 4 heterocycles. The van der Waals surface area contributed by atoms with Crippen LogP contribution >= 0.6 is 0 Å². The van der Waals surface area contributed by atoms with Crippen LogP contribution in [0.3, 0.4) is 0 Å². The number of hydrogen-bond donors (Lipinski definition) is 2. The molecule has 3 atom stereocenters. The molecule has 0 bridgehead atoms. The Balaban J connectivity index is 1.20. The summed E-state index contributed by atoms with van der Waals surface area (Å²) in [5.41, 5.74) is 5.09. The van der Waals surface area contributed by atoms with E-state index in [-0.39, 0.29) is 42.3 Å². The van der Waals surface area contributed by atoms with E-state index in [9.17, 15) is 22.8 Å². The molecule has 2 unspecified atom stereocenters. The number of fused-ring (bicyclic) bond motifs is 2. The van der Waals surface area contributed by atoms with Crippen molar-refractivity contribution in [2.75, 3.05) is 32.7 Å². The van der Waals surface area contributed by atoms with Crippen molar-refractivity contribution in [3.63, 3.8) is 0 Å². The lowest BCUT2D eigenvalue weighted by Gasteiger charge is -2.41. The van der Waals surface area contributed by atoms with Crippen LogP contribution in [0.25, 0.3) is 0 Å². The van der Waals surface area contributed by atoms with Gasteiger partial charge in [-0.05, 0) is 49.2 Å². The van der Waals surface area contributed by atoms with Gasteiger partial charge in [0.2, 0.25) is 5.91 Å². The number of likely N-dealkylation sites (tertiary alicyclic amines) is 1. The van der Waals surface area contributed by atoms with Crippen LogP contribution in [-0.4, -0.2) is 82.6 Å². The molecular formula is C32H37F3N6O2. The Labute approximate surface area is 249 Å². The highest BCUT2D eigenvalue weighted by atomic mass is 19.1. The fraction of sp³-hybridized carbons (Fsp3) is 0.469. The van der Waals surface area contributed by atoms with Gasteiger partial charge in [-0.15, -0.1) is 0 Å². The first-order chi connectivity index (χ1) is 20.3. The van der Waals surface area contributed by atoms with E-state index in [1.807, 2.05) is 13.0 Å². The Hall–Kier alpha value is -3.70. The highest BCUT2D eigenvalue weighted by Gasteiger charge is 2.55. The minimum Gasteiger partial charge on any atom is -0.333 e. The van der Waals surface area contributed by atoms with Crippen molar-refractivity contribution in [2.45, 2.75) is 58.3 Å². The first-order valence-corrected chi connectivity index (χ1v) is 14.7. The van der Waals surface area contributed by atoms with Crippen LogP contribution in [0.1, 0.15) is 49.2 Å². The van der Waals surface area contributed by atoms with E-state index >= 15 is 0 Å². The maximum atomic E-state index is 14.4. The van der Waals surface area contributed by atoms with Gasteiger partial charge in [0.05, 0.1) is 23.5 Å². The molecule has 0 radical (unpaired) electrons. The number of carbonyl (C=O) groups is 2. The topological polar surface area (TPSA) is 80.3 Å². The molecule has 4 aliphatic rings. The van der Waals surface area contributed by atoms with Crippen molar-refractivity contribution in [3.05, 3.63) is 82.3 Å². The van der Waals surface area contributed by atoms with E-state index in [1.165, 1.54) is 24.3 Å². The number of nitrogens with one attached hydrogen (secondary N) is 2. The van der Waals surface area contributed by atoms with E-state index < -0.39 is 23.0 Å². The lowest BCUT2D eigenvalue weighted by molar-refractivity contribution is -0.131. The lowest BCUT2D eigenvalue weighted by atomic mass is 9.74. The molecule has 0 aromatic heterocycles. The maximum Gasteiger partial charge on any atom is 0.254 e. The van der Waals surface area contributed by atoms with Gasteiger partial charge in [-0.1, -0.05) is 26.0 Å². The highest BCUT2D eigenvalue weighted by molar-refractivity contribution is 5.99.